The number of hydrogen-bond acceptors (Lipinski definition) is 9. The minimum atomic E-state index is -1.10. The number of amides is 1. The first-order valence-electron chi connectivity index (χ1n) is 16.6. The second kappa shape index (κ2) is 16.5. The molecule has 1 amide bonds. The number of carbonyl (C=O) groups excluding carboxylic acids is 2. The van der Waals surface area contributed by atoms with Crippen molar-refractivity contribution < 1.29 is 43.1 Å². The highest BCUT2D eigenvalue weighted by atomic mass is 16.7. The average Bonchev–Trinajstić information content (AvgIpc) is 3.11. The lowest BCUT2D eigenvalue weighted by atomic mass is 9.86. The van der Waals surface area contributed by atoms with Crippen molar-refractivity contribution in [1.29, 1.82) is 0 Å². The molecule has 2 saturated heterocycles. The second-order valence-corrected chi connectivity index (χ2v) is 12.8. The summed E-state index contributed by atoms with van der Waals surface area (Å²) in [5.41, 5.74) is 2.09. The van der Waals surface area contributed by atoms with Crippen LogP contribution in [0.3, 0.4) is 0 Å². The van der Waals surface area contributed by atoms with E-state index >= 15 is 0 Å². The second-order valence-electron chi connectivity index (χ2n) is 12.8. The lowest BCUT2D eigenvalue weighted by Gasteiger charge is -2.48. The van der Waals surface area contributed by atoms with Gasteiger partial charge in [0.2, 0.25) is 0 Å². The van der Waals surface area contributed by atoms with Gasteiger partial charge in [-0.15, -0.1) is 0 Å². The van der Waals surface area contributed by atoms with Gasteiger partial charge in [0.15, 0.2) is 18.7 Å². The predicted molar refractivity (Wildman–Crippen MR) is 177 cm³/mol. The van der Waals surface area contributed by atoms with Crippen LogP contribution in [0, 0.1) is 17.8 Å². The Morgan fingerprint density at radius 1 is 0.708 bits per heavy atom. The summed E-state index contributed by atoms with van der Waals surface area (Å²) in [7, 11) is 0. The van der Waals surface area contributed by atoms with Gasteiger partial charge >= 0.3 is 12.1 Å². The number of nitrogens with zero attached hydrogens (tertiary/aromatic N) is 1. The first kappa shape index (κ1) is 35.5. The fraction of sp³-hybridized carbons (Fsp3) is 0.474. The monoisotopic (exact) mass is 661 g/mol. The summed E-state index contributed by atoms with van der Waals surface area (Å²) in [6, 6.07) is 27.6. The van der Waals surface area contributed by atoms with E-state index in [1.54, 1.807) is 24.3 Å². The van der Waals surface area contributed by atoms with Crippen molar-refractivity contribution in [1.82, 2.24) is 4.90 Å². The largest absolute Gasteiger partial charge is 0.451 e. The van der Waals surface area contributed by atoms with Crippen LogP contribution in [0.15, 0.2) is 91.0 Å². The molecule has 3 aromatic rings. The minimum absolute atomic E-state index is 0.0779. The zero-order valence-electron chi connectivity index (χ0n) is 28.2. The number of benzene rings is 3. The lowest BCUT2D eigenvalue weighted by molar-refractivity contribution is -0.336. The minimum Gasteiger partial charge on any atom is -0.451 e. The molecule has 3 aromatic carbocycles. The molecule has 2 fully saturated rings. The molecule has 48 heavy (non-hydrogen) atoms. The zero-order chi connectivity index (χ0) is 34.2. The molecule has 10 atom stereocenters. The van der Waals surface area contributed by atoms with Crippen LogP contribution in [0.1, 0.15) is 56.1 Å². The third kappa shape index (κ3) is 8.80. The van der Waals surface area contributed by atoms with Crippen molar-refractivity contribution >= 4 is 12.1 Å². The van der Waals surface area contributed by atoms with Crippen molar-refractivity contribution in [2.75, 3.05) is 6.73 Å². The highest BCUT2D eigenvalue weighted by Crippen LogP contribution is 2.37. The Bertz CT molecular complexity index is 1440. The van der Waals surface area contributed by atoms with Gasteiger partial charge in [0.05, 0.1) is 30.4 Å². The van der Waals surface area contributed by atoms with Gasteiger partial charge < -0.3 is 33.5 Å². The van der Waals surface area contributed by atoms with Crippen molar-refractivity contribution in [2.24, 2.45) is 17.8 Å². The number of ether oxygens (including phenoxy) is 6. The van der Waals surface area contributed by atoms with Gasteiger partial charge in [-0.3, -0.25) is 4.90 Å². The molecule has 5 rings (SSSR count). The van der Waals surface area contributed by atoms with Crippen LogP contribution in [0.4, 0.5) is 4.79 Å². The molecule has 0 radical (unpaired) electrons. The van der Waals surface area contributed by atoms with Gasteiger partial charge in [0.25, 0.3) is 0 Å². The number of carbonyl (C=O) groups is 2. The van der Waals surface area contributed by atoms with Crippen molar-refractivity contribution in [3.63, 3.8) is 0 Å². The maximum Gasteiger partial charge on any atom is 0.412 e. The van der Waals surface area contributed by atoms with Gasteiger partial charge in [0.1, 0.15) is 19.4 Å². The Hall–Kier alpha value is -3.80. The molecule has 2 aliphatic rings. The molecule has 0 bridgehead atoms. The van der Waals surface area contributed by atoms with Crippen molar-refractivity contribution in [2.45, 2.75) is 90.9 Å². The molecule has 0 aliphatic carbocycles. The Labute approximate surface area is 282 Å². The summed E-state index contributed by atoms with van der Waals surface area (Å²) in [6.45, 7) is 9.67. The quantitative estimate of drug-likeness (QED) is 0.190. The van der Waals surface area contributed by atoms with Crippen LogP contribution in [-0.2, 0) is 41.6 Å². The van der Waals surface area contributed by atoms with E-state index in [9.17, 15) is 14.7 Å². The number of aliphatic hydroxyl groups excluding tert-OH is 1. The Morgan fingerprint density at radius 3 is 1.92 bits per heavy atom. The van der Waals surface area contributed by atoms with E-state index in [1.165, 1.54) is 4.90 Å². The van der Waals surface area contributed by atoms with E-state index in [2.05, 4.69) is 0 Å². The summed E-state index contributed by atoms with van der Waals surface area (Å²) in [5.74, 6) is -1.24. The molecular weight excluding hydrogens is 614 g/mol. The third-order valence-electron chi connectivity index (χ3n) is 9.41. The van der Waals surface area contributed by atoms with Crippen LogP contribution in [-0.4, -0.2) is 71.9 Å². The Morgan fingerprint density at radius 2 is 1.27 bits per heavy atom. The molecule has 2 aliphatic heterocycles. The van der Waals surface area contributed by atoms with E-state index < -0.39 is 43.0 Å². The Kier molecular flexibility index (Phi) is 12.2. The van der Waals surface area contributed by atoms with E-state index in [0.717, 1.165) is 11.1 Å². The standard InChI is InChI=1S/C38H47NO9/c1-24-27(4)45-36(26(3)32(24)40)48-33-25(2)28(5)46-37(34(33)47-35(41)31-19-13-8-14-20-31)44-23-39(21-29-15-9-6-10-16-29)38(42)43-22-30-17-11-7-12-18-30/h6-20,24-28,32-34,36-37,40H,21-23H2,1-5H3/t24-,25-,26?,27?,28?,32-,33-,34?,36-,37+/m0/s1. The molecule has 0 saturated carbocycles. The zero-order valence-corrected chi connectivity index (χ0v) is 28.2. The van der Waals surface area contributed by atoms with E-state index in [-0.39, 0.29) is 49.8 Å². The van der Waals surface area contributed by atoms with Gasteiger partial charge in [-0.25, -0.2) is 9.59 Å². The summed E-state index contributed by atoms with van der Waals surface area (Å²) in [6.07, 6.45) is -5.47. The smallest absolute Gasteiger partial charge is 0.412 e. The number of hydrogen-bond donors (Lipinski definition) is 1. The highest BCUT2D eigenvalue weighted by molar-refractivity contribution is 5.89. The third-order valence-corrected chi connectivity index (χ3v) is 9.41. The van der Waals surface area contributed by atoms with Gasteiger partial charge in [0, 0.05) is 17.8 Å². The maximum absolute atomic E-state index is 13.5. The molecule has 0 spiro atoms. The molecule has 2 heterocycles. The fourth-order valence-electron chi connectivity index (χ4n) is 5.99. The molecule has 1 N–H and O–H groups in total. The molecule has 10 nitrogen and oxygen atoms in total. The van der Waals surface area contributed by atoms with Crippen LogP contribution in [0.2, 0.25) is 0 Å². The lowest BCUT2D eigenvalue weighted by Crippen LogP contribution is -2.59. The van der Waals surface area contributed by atoms with Crippen molar-refractivity contribution in [3.8, 4) is 0 Å². The Balaban J connectivity index is 1.38. The summed E-state index contributed by atoms with van der Waals surface area (Å²) < 4.78 is 37.3. The summed E-state index contributed by atoms with van der Waals surface area (Å²) >= 11 is 0. The van der Waals surface area contributed by atoms with Gasteiger partial charge in [-0.05, 0) is 37.1 Å². The highest BCUT2D eigenvalue weighted by Gasteiger charge is 2.50. The van der Waals surface area contributed by atoms with E-state index in [4.69, 9.17) is 28.4 Å². The van der Waals surface area contributed by atoms with Crippen LogP contribution >= 0.6 is 0 Å². The van der Waals surface area contributed by atoms with E-state index in [0.29, 0.717) is 5.56 Å². The molecule has 4 unspecified atom stereocenters. The molecule has 258 valence electrons. The molecule has 10 heteroatoms. The normalized spacial score (nSPS) is 30.3. The number of rotatable bonds is 11. The first-order chi connectivity index (χ1) is 23.1. The summed E-state index contributed by atoms with van der Waals surface area (Å²) in [5, 5.41) is 10.9. The SMILES string of the molecule is CC1[C@H](O[C@@H]2C(OC(=O)c3ccccc3)[C@H](OCN(Cc3ccccc3)C(=O)OCc3ccccc3)OC(C)[C@@H]2C)OC(C)[C@H](C)[C@@H]1O. The molecular formula is C38H47NO9. The molecule has 0 aromatic heterocycles. The number of esters is 1. The van der Waals surface area contributed by atoms with Gasteiger partial charge in [-0.1, -0.05) is 99.6 Å². The number of aliphatic hydroxyl groups is 1. The first-order valence-corrected chi connectivity index (χ1v) is 16.6. The van der Waals surface area contributed by atoms with Crippen LogP contribution in [0.5, 0.6) is 0 Å². The summed E-state index contributed by atoms with van der Waals surface area (Å²) in [4.78, 5) is 28.3. The predicted octanol–water partition coefficient (Wildman–Crippen LogP) is 6.17. The topological polar surface area (TPSA) is 113 Å². The van der Waals surface area contributed by atoms with E-state index in [1.807, 2.05) is 101 Å². The fourth-order valence-corrected chi connectivity index (χ4v) is 5.99. The van der Waals surface area contributed by atoms with Crippen LogP contribution in [0.25, 0.3) is 0 Å². The van der Waals surface area contributed by atoms with Crippen LogP contribution < -0.4 is 0 Å². The average molecular weight is 662 g/mol. The van der Waals surface area contributed by atoms with Crippen molar-refractivity contribution in [3.05, 3.63) is 108 Å². The maximum atomic E-state index is 13.5. The van der Waals surface area contributed by atoms with Gasteiger partial charge in [-0.2, -0.15) is 0 Å².